The molecule has 1 heterocycles. The molecule has 6 heteroatoms. The predicted octanol–water partition coefficient (Wildman–Crippen LogP) is 3.04. The van der Waals surface area contributed by atoms with Crippen molar-refractivity contribution in [2.24, 2.45) is 5.92 Å². The molecule has 1 aromatic rings. The lowest BCUT2D eigenvalue weighted by molar-refractivity contribution is -0.148. The highest BCUT2D eigenvalue weighted by molar-refractivity contribution is 5.85. The summed E-state index contributed by atoms with van der Waals surface area (Å²) < 4.78 is 18.4. The molecule has 5 nitrogen and oxygen atoms in total. The second-order valence-electron chi connectivity index (χ2n) is 5.51. The number of carbonyl (C=O) groups is 2. The molecular weight excluding hydrogens is 299 g/mol. The average Bonchev–Trinajstić information content (AvgIpc) is 2.51. The minimum absolute atomic E-state index is 0.281. The van der Waals surface area contributed by atoms with Crippen molar-refractivity contribution in [1.82, 2.24) is 10.6 Å². The van der Waals surface area contributed by atoms with E-state index in [9.17, 15) is 14.0 Å². The van der Waals surface area contributed by atoms with Crippen LogP contribution in [0.2, 0.25) is 0 Å². The van der Waals surface area contributed by atoms with Crippen LogP contribution in [-0.2, 0) is 9.53 Å². The van der Waals surface area contributed by atoms with E-state index in [2.05, 4.69) is 24.1 Å². The average molecular weight is 320 g/mol. The van der Waals surface area contributed by atoms with Gasteiger partial charge in [-0.2, -0.15) is 0 Å². The van der Waals surface area contributed by atoms with Crippen LogP contribution in [0.5, 0.6) is 0 Å². The van der Waals surface area contributed by atoms with E-state index in [-0.39, 0.29) is 11.5 Å². The van der Waals surface area contributed by atoms with Crippen molar-refractivity contribution >= 4 is 12.0 Å². The third-order valence-electron chi connectivity index (χ3n) is 3.74. The summed E-state index contributed by atoms with van der Waals surface area (Å²) in [4.78, 5) is 24.1. The van der Waals surface area contributed by atoms with E-state index >= 15 is 0 Å². The number of esters is 1. The van der Waals surface area contributed by atoms with Crippen LogP contribution in [0.1, 0.15) is 37.8 Å². The highest BCUT2D eigenvalue weighted by Gasteiger charge is 2.38. The minimum Gasteiger partial charge on any atom is -0.465 e. The maximum Gasteiger partial charge on any atom is 0.319 e. The molecule has 1 aromatic carbocycles. The lowest BCUT2D eigenvalue weighted by Crippen LogP contribution is -2.51. The molecule has 0 bridgehead atoms. The molecule has 0 aromatic heterocycles. The fourth-order valence-corrected chi connectivity index (χ4v) is 2.52. The summed E-state index contributed by atoms with van der Waals surface area (Å²) in [6.45, 7) is 6.16. The van der Waals surface area contributed by atoms with E-state index in [0.29, 0.717) is 12.2 Å². The van der Waals surface area contributed by atoms with E-state index in [1.54, 1.807) is 0 Å². The molecule has 0 aliphatic carbocycles. The number of amides is 2. The molecule has 2 atom stereocenters. The SMILES string of the molecule is C=C1NC(=O)N[C@@H](c2ccc(F)cc2)[C@@H]1C(=O)OCCCCC. The third kappa shape index (κ3) is 4.31. The Kier molecular flexibility index (Phi) is 5.73. The summed E-state index contributed by atoms with van der Waals surface area (Å²) >= 11 is 0. The van der Waals surface area contributed by atoms with Crippen molar-refractivity contribution in [3.8, 4) is 0 Å². The Balaban J connectivity index is 2.14. The smallest absolute Gasteiger partial charge is 0.319 e. The van der Waals surface area contributed by atoms with Crippen LogP contribution >= 0.6 is 0 Å². The first-order valence-electron chi connectivity index (χ1n) is 7.71. The fourth-order valence-electron chi connectivity index (χ4n) is 2.52. The van der Waals surface area contributed by atoms with Crippen LogP contribution in [0.15, 0.2) is 36.5 Å². The summed E-state index contributed by atoms with van der Waals surface area (Å²) in [5.74, 6) is -1.58. The number of unbranched alkanes of at least 4 members (excludes halogenated alkanes) is 2. The van der Waals surface area contributed by atoms with Crippen molar-refractivity contribution in [2.75, 3.05) is 6.61 Å². The van der Waals surface area contributed by atoms with Gasteiger partial charge >= 0.3 is 12.0 Å². The number of hydrogen-bond acceptors (Lipinski definition) is 3. The first-order chi connectivity index (χ1) is 11.0. The highest BCUT2D eigenvalue weighted by Crippen LogP contribution is 2.30. The van der Waals surface area contributed by atoms with Crippen LogP contribution in [0, 0.1) is 11.7 Å². The Morgan fingerprint density at radius 3 is 2.65 bits per heavy atom. The largest absolute Gasteiger partial charge is 0.465 e. The zero-order valence-corrected chi connectivity index (χ0v) is 13.1. The van der Waals surface area contributed by atoms with Gasteiger partial charge in [0.1, 0.15) is 11.7 Å². The molecule has 1 aliphatic heterocycles. The number of ether oxygens (including phenoxy) is 1. The third-order valence-corrected chi connectivity index (χ3v) is 3.74. The number of hydrogen-bond donors (Lipinski definition) is 2. The van der Waals surface area contributed by atoms with Gasteiger partial charge in [-0.1, -0.05) is 38.5 Å². The topological polar surface area (TPSA) is 67.4 Å². The number of rotatable bonds is 6. The number of nitrogens with one attached hydrogen (secondary N) is 2. The fraction of sp³-hybridized carbons (Fsp3) is 0.412. The van der Waals surface area contributed by atoms with Gasteiger partial charge in [0.05, 0.1) is 12.6 Å². The molecule has 0 spiro atoms. The van der Waals surface area contributed by atoms with E-state index in [0.717, 1.165) is 19.3 Å². The van der Waals surface area contributed by atoms with Gasteiger partial charge in [-0.05, 0) is 24.1 Å². The molecular formula is C17H21FN2O3. The van der Waals surface area contributed by atoms with Crippen molar-refractivity contribution in [1.29, 1.82) is 0 Å². The lowest BCUT2D eigenvalue weighted by Gasteiger charge is -2.33. The minimum atomic E-state index is -0.750. The van der Waals surface area contributed by atoms with Crippen molar-refractivity contribution in [2.45, 2.75) is 32.2 Å². The van der Waals surface area contributed by atoms with Gasteiger partial charge in [-0.25, -0.2) is 9.18 Å². The van der Waals surface area contributed by atoms with E-state index in [4.69, 9.17) is 4.74 Å². The molecule has 2 rings (SSSR count). The lowest BCUT2D eigenvalue weighted by atomic mass is 9.89. The summed E-state index contributed by atoms with van der Waals surface area (Å²) in [5.41, 5.74) is 0.904. The van der Waals surface area contributed by atoms with Crippen LogP contribution in [0.25, 0.3) is 0 Å². The predicted molar refractivity (Wildman–Crippen MR) is 83.9 cm³/mol. The summed E-state index contributed by atoms with van der Waals surface area (Å²) in [6, 6.07) is 4.58. The zero-order valence-electron chi connectivity index (χ0n) is 13.1. The van der Waals surface area contributed by atoms with Crippen LogP contribution < -0.4 is 10.6 Å². The molecule has 2 N–H and O–H groups in total. The molecule has 2 amide bonds. The summed E-state index contributed by atoms with van der Waals surface area (Å²) in [7, 11) is 0. The maximum absolute atomic E-state index is 13.1. The summed E-state index contributed by atoms with van der Waals surface area (Å²) in [5, 5.41) is 5.18. The molecule has 0 unspecified atom stereocenters. The van der Waals surface area contributed by atoms with Gasteiger partial charge in [-0.3, -0.25) is 4.79 Å². The first-order valence-corrected chi connectivity index (χ1v) is 7.71. The normalized spacial score (nSPS) is 20.6. The molecule has 124 valence electrons. The standard InChI is InChI=1S/C17H21FN2O3/c1-3-4-5-10-23-16(21)14-11(2)19-17(22)20-15(14)12-6-8-13(18)9-7-12/h6-9,14-15H,2-5,10H2,1H3,(H2,19,20,22)/t14-,15+/m1/s1. The number of halogens is 1. The van der Waals surface area contributed by atoms with Crippen LogP contribution in [0.3, 0.4) is 0 Å². The molecule has 0 radical (unpaired) electrons. The van der Waals surface area contributed by atoms with Gasteiger partial charge in [0.15, 0.2) is 0 Å². The second-order valence-corrected chi connectivity index (χ2v) is 5.51. The quantitative estimate of drug-likeness (QED) is 0.625. The Hall–Kier alpha value is -2.37. The zero-order chi connectivity index (χ0) is 16.8. The van der Waals surface area contributed by atoms with Gasteiger partial charge < -0.3 is 15.4 Å². The first kappa shape index (κ1) is 17.0. The Labute approximate surface area is 134 Å². The van der Waals surface area contributed by atoms with Gasteiger partial charge in [0.2, 0.25) is 0 Å². The van der Waals surface area contributed by atoms with Crippen LogP contribution in [-0.4, -0.2) is 18.6 Å². The van der Waals surface area contributed by atoms with E-state index < -0.39 is 24.0 Å². The van der Waals surface area contributed by atoms with Crippen molar-refractivity contribution in [3.63, 3.8) is 0 Å². The van der Waals surface area contributed by atoms with Crippen LogP contribution in [0.4, 0.5) is 9.18 Å². The van der Waals surface area contributed by atoms with Gasteiger partial charge in [0.25, 0.3) is 0 Å². The number of carbonyl (C=O) groups excluding carboxylic acids is 2. The number of benzene rings is 1. The second kappa shape index (κ2) is 7.76. The maximum atomic E-state index is 13.1. The molecule has 1 aliphatic rings. The van der Waals surface area contributed by atoms with Gasteiger partial charge in [-0.15, -0.1) is 0 Å². The molecule has 1 fully saturated rings. The van der Waals surface area contributed by atoms with E-state index in [1.165, 1.54) is 24.3 Å². The van der Waals surface area contributed by atoms with Crippen molar-refractivity contribution in [3.05, 3.63) is 47.9 Å². The molecule has 0 saturated carbocycles. The molecule has 1 saturated heterocycles. The Bertz CT molecular complexity index is 586. The Morgan fingerprint density at radius 1 is 1.30 bits per heavy atom. The van der Waals surface area contributed by atoms with Gasteiger partial charge in [0, 0.05) is 5.70 Å². The highest BCUT2D eigenvalue weighted by atomic mass is 19.1. The molecule has 23 heavy (non-hydrogen) atoms. The van der Waals surface area contributed by atoms with E-state index in [1.807, 2.05) is 0 Å². The monoisotopic (exact) mass is 320 g/mol. The number of urea groups is 1. The Morgan fingerprint density at radius 2 is 2.00 bits per heavy atom. The van der Waals surface area contributed by atoms with Crippen molar-refractivity contribution < 1.29 is 18.7 Å². The summed E-state index contributed by atoms with van der Waals surface area (Å²) in [6.07, 6.45) is 2.81.